The number of sulfone groups is 1. The molecule has 3 aromatic carbocycles. The molecule has 0 aliphatic heterocycles. The Hall–Kier alpha value is -3.63. The van der Waals surface area contributed by atoms with Crippen LogP contribution in [0.1, 0.15) is 18.3 Å². The number of nitrogens with zero attached hydrogens (tertiary/aromatic N) is 3. The number of carbonyl (C=O) groups is 1. The van der Waals surface area contributed by atoms with E-state index < -0.39 is 9.84 Å². The second kappa shape index (κ2) is 11.4. The highest BCUT2D eigenvalue weighted by atomic mass is 32.2. The van der Waals surface area contributed by atoms with E-state index in [4.69, 9.17) is 4.74 Å². The lowest BCUT2D eigenvalue weighted by Crippen LogP contribution is -2.15. The quantitative estimate of drug-likeness (QED) is 0.302. The molecular weight excluding hydrogens is 496 g/mol. The highest BCUT2D eigenvalue weighted by Crippen LogP contribution is 2.25. The van der Waals surface area contributed by atoms with Crippen molar-refractivity contribution in [2.75, 3.05) is 17.7 Å². The first-order chi connectivity index (χ1) is 17.4. The molecule has 0 atom stereocenters. The number of aromatic nitrogens is 3. The Morgan fingerprint density at radius 3 is 2.33 bits per heavy atom. The largest absolute Gasteiger partial charge is 0.494 e. The van der Waals surface area contributed by atoms with Gasteiger partial charge >= 0.3 is 0 Å². The van der Waals surface area contributed by atoms with E-state index in [9.17, 15) is 13.2 Å². The van der Waals surface area contributed by atoms with Crippen molar-refractivity contribution in [3.63, 3.8) is 0 Å². The molecule has 186 valence electrons. The van der Waals surface area contributed by atoms with Crippen molar-refractivity contribution in [1.29, 1.82) is 0 Å². The summed E-state index contributed by atoms with van der Waals surface area (Å²) in [4.78, 5) is 12.8. The molecule has 0 spiro atoms. The second-order valence-corrected chi connectivity index (χ2v) is 10.9. The van der Waals surface area contributed by atoms with Crippen LogP contribution >= 0.6 is 11.8 Å². The number of carbonyl (C=O) groups excluding carboxylic acids is 1. The molecule has 0 saturated carbocycles. The Morgan fingerprint density at radius 2 is 1.67 bits per heavy atom. The van der Waals surface area contributed by atoms with Crippen LogP contribution in [0.4, 0.5) is 5.69 Å². The smallest absolute Gasteiger partial charge is 0.234 e. The summed E-state index contributed by atoms with van der Waals surface area (Å²) in [6.45, 7) is 4.38. The fraction of sp³-hybridized carbons (Fsp3) is 0.192. The first-order valence-electron chi connectivity index (χ1n) is 11.3. The van der Waals surface area contributed by atoms with E-state index in [1.165, 1.54) is 11.8 Å². The summed E-state index contributed by atoms with van der Waals surface area (Å²) in [5.41, 5.74) is 2.34. The molecule has 0 radical (unpaired) electrons. The van der Waals surface area contributed by atoms with Gasteiger partial charge < -0.3 is 10.1 Å². The van der Waals surface area contributed by atoms with E-state index in [0.717, 1.165) is 11.3 Å². The molecule has 0 aliphatic rings. The molecule has 4 rings (SSSR count). The average Bonchev–Trinajstić information content (AvgIpc) is 3.26. The van der Waals surface area contributed by atoms with Crippen LogP contribution in [0.2, 0.25) is 0 Å². The zero-order valence-electron chi connectivity index (χ0n) is 19.9. The molecule has 1 amide bonds. The van der Waals surface area contributed by atoms with Gasteiger partial charge in [-0.05, 0) is 62.4 Å². The number of para-hydroxylation sites is 1. The first-order valence-corrected chi connectivity index (χ1v) is 13.9. The van der Waals surface area contributed by atoms with Gasteiger partial charge in [0.25, 0.3) is 0 Å². The lowest BCUT2D eigenvalue weighted by atomic mass is 10.2. The summed E-state index contributed by atoms with van der Waals surface area (Å²) in [5.74, 6) is 0.533. The highest BCUT2D eigenvalue weighted by Gasteiger charge is 2.23. The third-order valence-corrected chi connectivity index (χ3v) is 7.75. The van der Waals surface area contributed by atoms with Gasteiger partial charge in [0.1, 0.15) is 11.5 Å². The number of anilines is 1. The third-order valence-electron chi connectivity index (χ3n) is 5.20. The van der Waals surface area contributed by atoms with Gasteiger partial charge in [-0.3, -0.25) is 9.36 Å². The molecule has 0 fully saturated rings. The number of hydrogen-bond acceptors (Lipinski definition) is 7. The van der Waals surface area contributed by atoms with Crippen molar-refractivity contribution >= 4 is 33.2 Å². The van der Waals surface area contributed by atoms with Crippen LogP contribution in [0.5, 0.6) is 5.75 Å². The Labute approximate surface area is 214 Å². The molecule has 0 aliphatic carbocycles. The predicted molar refractivity (Wildman–Crippen MR) is 140 cm³/mol. The molecule has 10 heteroatoms. The molecule has 1 N–H and O–H groups in total. The maximum Gasteiger partial charge on any atom is 0.234 e. The molecule has 36 heavy (non-hydrogen) atoms. The molecule has 0 bridgehead atoms. The van der Waals surface area contributed by atoms with Gasteiger partial charge in [0.2, 0.25) is 5.91 Å². The molecule has 4 aromatic rings. The number of aryl methyl sites for hydroxylation is 1. The van der Waals surface area contributed by atoms with Crippen LogP contribution in [0.15, 0.2) is 88.9 Å². The molecule has 8 nitrogen and oxygen atoms in total. The highest BCUT2D eigenvalue weighted by molar-refractivity contribution is 7.99. The van der Waals surface area contributed by atoms with E-state index in [1.807, 2.05) is 44.2 Å². The number of hydrogen-bond donors (Lipinski definition) is 1. The van der Waals surface area contributed by atoms with Crippen LogP contribution in [0, 0.1) is 6.92 Å². The normalized spacial score (nSPS) is 11.3. The molecular formula is C26H26N4O4S2. The van der Waals surface area contributed by atoms with E-state index in [1.54, 1.807) is 53.1 Å². The maximum atomic E-state index is 13.1. The number of amides is 1. The third kappa shape index (κ3) is 6.32. The number of thioether (sulfide) groups is 1. The van der Waals surface area contributed by atoms with E-state index >= 15 is 0 Å². The second-order valence-electron chi connectivity index (χ2n) is 7.94. The molecule has 1 aromatic heterocycles. The standard InChI is InChI=1S/C26H26N4O4S2/c1-3-34-22-13-11-20(12-14-22)27-25(31)17-35-26-29-28-24(30(26)21-7-5-4-6-8-21)18-36(32,33)23-15-9-19(2)10-16-23/h4-16H,3,17-18H2,1-2H3,(H,27,31). The minimum absolute atomic E-state index is 0.0723. The minimum atomic E-state index is -3.65. The number of nitrogens with one attached hydrogen (secondary N) is 1. The van der Waals surface area contributed by atoms with Crippen LogP contribution in [-0.4, -0.2) is 41.4 Å². The zero-order valence-corrected chi connectivity index (χ0v) is 21.6. The van der Waals surface area contributed by atoms with Gasteiger partial charge in [-0.2, -0.15) is 0 Å². The number of ether oxygens (including phenoxy) is 1. The van der Waals surface area contributed by atoms with Crippen molar-refractivity contribution in [1.82, 2.24) is 14.8 Å². The molecule has 1 heterocycles. The van der Waals surface area contributed by atoms with Crippen molar-refractivity contribution in [3.05, 3.63) is 90.3 Å². The lowest BCUT2D eigenvalue weighted by molar-refractivity contribution is -0.113. The Morgan fingerprint density at radius 1 is 0.972 bits per heavy atom. The summed E-state index contributed by atoms with van der Waals surface area (Å²) in [6, 6.07) is 23.1. The summed E-state index contributed by atoms with van der Waals surface area (Å²) < 4.78 is 33.3. The van der Waals surface area contributed by atoms with Crippen molar-refractivity contribution < 1.29 is 17.9 Å². The summed E-state index contributed by atoms with van der Waals surface area (Å²) in [6.07, 6.45) is 0. The van der Waals surface area contributed by atoms with Gasteiger partial charge in [0, 0.05) is 11.4 Å². The lowest BCUT2D eigenvalue weighted by Gasteiger charge is -2.11. The SMILES string of the molecule is CCOc1ccc(NC(=O)CSc2nnc(CS(=O)(=O)c3ccc(C)cc3)n2-c2ccccc2)cc1. The van der Waals surface area contributed by atoms with Crippen molar-refractivity contribution in [2.45, 2.75) is 29.7 Å². The van der Waals surface area contributed by atoms with E-state index in [2.05, 4.69) is 15.5 Å². The number of rotatable bonds is 10. The van der Waals surface area contributed by atoms with Crippen LogP contribution < -0.4 is 10.1 Å². The monoisotopic (exact) mass is 522 g/mol. The fourth-order valence-electron chi connectivity index (χ4n) is 3.45. The summed E-state index contributed by atoms with van der Waals surface area (Å²) in [7, 11) is -3.65. The Balaban J connectivity index is 1.52. The van der Waals surface area contributed by atoms with Crippen LogP contribution in [0.25, 0.3) is 5.69 Å². The average molecular weight is 523 g/mol. The topological polar surface area (TPSA) is 103 Å². The van der Waals surface area contributed by atoms with Gasteiger partial charge in [0.15, 0.2) is 20.8 Å². The Kier molecular flexibility index (Phi) is 8.07. The summed E-state index contributed by atoms with van der Waals surface area (Å²) >= 11 is 1.18. The van der Waals surface area contributed by atoms with Crippen LogP contribution in [-0.2, 0) is 20.4 Å². The van der Waals surface area contributed by atoms with Gasteiger partial charge in [-0.25, -0.2) is 8.42 Å². The number of benzene rings is 3. The predicted octanol–water partition coefficient (Wildman–Crippen LogP) is 4.68. The zero-order chi connectivity index (χ0) is 25.5. The molecule has 0 saturated heterocycles. The Bertz CT molecular complexity index is 1420. The van der Waals surface area contributed by atoms with Crippen molar-refractivity contribution in [2.24, 2.45) is 0 Å². The van der Waals surface area contributed by atoms with Gasteiger partial charge in [-0.1, -0.05) is 47.7 Å². The van der Waals surface area contributed by atoms with Gasteiger partial charge in [0.05, 0.1) is 17.3 Å². The van der Waals surface area contributed by atoms with Crippen LogP contribution in [0.3, 0.4) is 0 Å². The fourth-order valence-corrected chi connectivity index (χ4v) is 5.47. The minimum Gasteiger partial charge on any atom is -0.494 e. The van der Waals surface area contributed by atoms with Crippen molar-refractivity contribution in [3.8, 4) is 11.4 Å². The van der Waals surface area contributed by atoms with Gasteiger partial charge in [-0.15, -0.1) is 10.2 Å². The maximum absolute atomic E-state index is 13.1. The van der Waals surface area contributed by atoms with E-state index in [-0.39, 0.29) is 28.1 Å². The van der Waals surface area contributed by atoms with E-state index in [0.29, 0.717) is 23.1 Å². The molecule has 0 unspecified atom stereocenters. The first kappa shape index (κ1) is 25.5. The summed E-state index contributed by atoms with van der Waals surface area (Å²) in [5, 5.41) is 11.7.